The third-order valence-electron chi connectivity index (χ3n) is 3.56. The van der Waals surface area contributed by atoms with Crippen molar-refractivity contribution in [3.63, 3.8) is 0 Å². The van der Waals surface area contributed by atoms with Gasteiger partial charge in [-0.15, -0.1) is 0 Å². The van der Waals surface area contributed by atoms with Crippen molar-refractivity contribution in [1.82, 2.24) is 0 Å². The van der Waals surface area contributed by atoms with Crippen molar-refractivity contribution >= 4 is 11.9 Å². The Balaban J connectivity index is 2.29. The lowest BCUT2D eigenvalue weighted by Gasteiger charge is -2.33. The Morgan fingerprint density at radius 3 is 3.00 bits per heavy atom. The van der Waals surface area contributed by atoms with Crippen LogP contribution in [0.5, 0.6) is 0 Å². The van der Waals surface area contributed by atoms with E-state index in [0.717, 1.165) is 25.7 Å². The largest absolute Gasteiger partial charge is 0.466 e. The molecule has 0 aromatic carbocycles. The molecule has 2 fully saturated rings. The number of methoxy groups -OCH3 is 1. The zero-order valence-corrected chi connectivity index (χ0v) is 9.62. The molecule has 0 amide bonds. The third-order valence-corrected chi connectivity index (χ3v) is 3.56. The van der Waals surface area contributed by atoms with Crippen LogP contribution in [0.1, 0.15) is 32.6 Å². The highest BCUT2D eigenvalue weighted by Crippen LogP contribution is 2.46. The minimum Gasteiger partial charge on any atom is -0.466 e. The van der Waals surface area contributed by atoms with Crippen molar-refractivity contribution < 1.29 is 19.1 Å². The maximum Gasteiger partial charge on any atom is 0.335 e. The van der Waals surface area contributed by atoms with Crippen LogP contribution in [0, 0.1) is 5.92 Å². The fourth-order valence-electron chi connectivity index (χ4n) is 2.67. The van der Waals surface area contributed by atoms with E-state index in [1.807, 2.05) is 6.92 Å². The molecule has 1 saturated heterocycles. The first-order chi connectivity index (χ1) is 7.57. The first kappa shape index (κ1) is 11.2. The standard InChI is InChI=1S/C12H16O4/c1-12-6-4-3-5-9(12)8(11(14)16-12)7-10(13)15-2/h7,9H,3-6H2,1-2H3/b8-7-/t9-,12-/m1/s1. The van der Waals surface area contributed by atoms with E-state index in [1.165, 1.54) is 13.2 Å². The van der Waals surface area contributed by atoms with Gasteiger partial charge >= 0.3 is 11.9 Å². The molecular formula is C12H16O4. The number of hydrogen-bond donors (Lipinski definition) is 0. The third kappa shape index (κ3) is 1.72. The van der Waals surface area contributed by atoms with Crippen LogP contribution in [-0.2, 0) is 19.1 Å². The lowest BCUT2D eigenvalue weighted by atomic mass is 9.74. The van der Waals surface area contributed by atoms with Crippen LogP contribution >= 0.6 is 0 Å². The molecule has 0 aromatic rings. The molecule has 1 aliphatic heterocycles. The normalized spacial score (nSPS) is 35.8. The van der Waals surface area contributed by atoms with Crippen LogP contribution in [0.2, 0.25) is 0 Å². The monoisotopic (exact) mass is 224 g/mol. The molecule has 0 radical (unpaired) electrons. The van der Waals surface area contributed by atoms with Gasteiger partial charge in [-0.3, -0.25) is 0 Å². The molecular weight excluding hydrogens is 208 g/mol. The zero-order chi connectivity index (χ0) is 11.8. The summed E-state index contributed by atoms with van der Waals surface area (Å²) in [6.07, 6.45) is 5.22. The van der Waals surface area contributed by atoms with Crippen molar-refractivity contribution in [2.75, 3.05) is 7.11 Å². The SMILES string of the molecule is COC(=O)/C=C1\C(=O)O[C@]2(C)CCCC[C@H]12. The van der Waals surface area contributed by atoms with Gasteiger partial charge in [-0.2, -0.15) is 0 Å². The average molecular weight is 224 g/mol. The number of hydrogen-bond acceptors (Lipinski definition) is 4. The molecule has 0 spiro atoms. The topological polar surface area (TPSA) is 52.6 Å². The molecule has 16 heavy (non-hydrogen) atoms. The fraction of sp³-hybridized carbons (Fsp3) is 0.667. The first-order valence-electron chi connectivity index (χ1n) is 5.60. The lowest BCUT2D eigenvalue weighted by molar-refractivity contribution is -0.148. The number of esters is 2. The smallest absolute Gasteiger partial charge is 0.335 e. The van der Waals surface area contributed by atoms with Gasteiger partial charge in [0.05, 0.1) is 12.7 Å². The highest BCUT2D eigenvalue weighted by atomic mass is 16.6. The van der Waals surface area contributed by atoms with Gasteiger partial charge in [-0.1, -0.05) is 6.42 Å². The van der Waals surface area contributed by atoms with Crippen LogP contribution in [0.4, 0.5) is 0 Å². The van der Waals surface area contributed by atoms with Crippen LogP contribution in [-0.4, -0.2) is 24.6 Å². The van der Waals surface area contributed by atoms with E-state index in [-0.39, 0.29) is 11.9 Å². The molecule has 1 heterocycles. The number of carbonyl (C=O) groups is 2. The summed E-state index contributed by atoms with van der Waals surface area (Å²) < 4.78 is 9.95. The zero-order valence-electron chi connectivity index (χ0n) is 9.62. The highest BCUT2D eigenvalue weighted by Gasteiger charge is 2.50. The second-order valence-corrected chi connectivity index (χ2v) is 4.62. The van der Waals surface area contributed by atoms with E-state index in [4.69, 9.17) is 4.74 Å². The van der Waals surface area contributed by atoms with Crippen LogP contribution in [0.25, 0.3) is 0 Å². The van der Waals surface area contributed by atoms with Gasteiger partial charge in [0.2, 0.25) is 0 Å². The van der Waals surface area contributed by atoms with Crippen molar-refractivity contribution in [2.45, 2.75) is 38.2 Å². The maximum atomic E-state index is 11.7. The average Bonchev–Trinajstić information content (AvgIpc) is 2.50. The van der Waals surface area contributed by atoms with E-state index in [0.29, 0.717) is 5.57 Å². The van der Waals surface area contributed by atoms with Crippen LogP contribution in [0.3, 0.4) is 0 Å². The molecule has 2 atom stereocenters. The summed E-state index contributed by atoms with van der Waals surface area (Å²) in [4.78, 5) is 22.9. The minimum atomic E-state index is -0.484. The Morgan fingerprint density at radius 1 is 1.56 bits per heavy atom. The molecule has 2 rings (SSSR count). The van der Waals surface area contributed by atoms with Crippen molar-refractivity contribution in [3.8, 4) is 0 Å². The first-order valence-corrected chi connectivity index (χ1v) is 5.60. The summed E-state index contributed by atoms with van der Waals surface area (Å²) in [7, 11) is 1.31. The molecule has 4 heteroatoms. The van der Waals surface area contributed by atoms with Crippen LogP contribution < -0.4 is 0 Å². The molecule has 88 valence electrons. The molecule has 4 nitrogen and oxygen atoms in total. The highest BCUT2D eigenvalue weighted by molar-refractivity contribution is 5.98. The quantitative estimate of drug-likeness (QED) is 0.501. The van der Waals surface area contributed by atoms with Crippen molar-refractivity contribution in [3.05, 3.63) is 11.6 Å². The lowest BCUT2D eigenvalue weighted by Crippen LogP contribution is -2.35. The van der Waals surface area contributed by atoms with E-state index in [2.05, 4.69) is 4.74 Å². The van der Waals surface area contributed by atoms with E-state index in [9.17, 15) is 9.59 Å². The predicted octanol–water partition coefficient (Wildman–Crippen LogP) is 1.59. The molecule has 0 N–H and O–H groups in total. The molecule has 1 saturated carbocycles. The Kier molecular flexibility index (Phi) is 2.74. The molecule has 1 aliphatic carbocycles. The summed E-state index contributed by atoms with van der Waals surface area (Å²) in [6, 6.07) is 0. The minimum absolute atomic E-state index is 0.0489. The van der Waals surface area contributed by atoms with Gasteiger partial charge in [0.15, 0.2) is 0 Å². The van der Waals surface area contributed by atoms with Gasteiger partial charge in [-0.05, 0) is 26.2 Å². The predicted molar refractivity (Wildman–Crippen MR) is 56.6 cm³/mol. The summed E-state index contributed by atoms with van der Waals surface area (Å²) in [5.74, 6) is -0.797. The number of rotatable bonds is 1. The molecule has 0 bridgehead atoms. The summed E-state index contributed by atoms with van der Waals surface area (Å²) in [5.41, 5.74) is 0.0731. The summed E-state index contributed by atoms with van der Waals surface area (Å²) >= 11 is 0. The second kappa shape index (κ2) is 3.92. The molecule has 2 aliphatic rings. The fourth-order valence-corrected chi connectivity index (χ4v) is 2.67. The molecule has 0 aromatic heterocycles. The number of carbonyl (C=O) groups excluding carboxylic acids is 2. The van der Waals surface area contributed by atoms with Crippen molar-refractivity contribution in [1.29, 1.82) is 0 Å². The second-order valence-electron chi connectivity index (χ2n) is 4.62. The Hall–Kier alpha value is -1.32. The van der Waals surface area contributed by atoms with E-state index >= 15 is 0 Å². The summed E-state index contributed by atoms with van der Waals surface area (Å²) in [6.45, 7) is 1.95. The Morgan fingerprint density at radius 2 is 2.31 bits per heavy atom. The Bertz CT molecular complexity index is 358. The van der Waals surface area contributed by atoms with Gasteiger partial charge < -0.3 is 9.47 Å². The van der Waals surface area contributed by atoms with E-state index < -0.39 is 11.6 Å². The van der Waals surface area contributed by atoms with Crippen molar-refractivity contribution in [2.24, 2.45) is 5.92 Å². The Labute approximate surface area is 94.6 Å². The van der Waals surface area contributed by atoms with Gasteiger partial charge in [0.25, 0.3) is 0 Å². The van der Waals surface area contributed by atoms with Gasteiger partial charge in [0, 0.05) is 12.0 Å². The number of ether oxygens (including phenoxy) is 2. The van der Waals surface area contributed by atoms with Crippen LogP contribution in [0.15, 0.2) is 11.6 Å². The number of fused-ring (bicyclic) bond motifs is 1. The van der Waals surface area contributed by atoms with Gasteiger partial charge in [0.1, 0.15) is 5.60 Å². The van der Waals surface area contributed by atoms with E-state index in [1.54, 1.807) is 0 Å². The molecule has 0 unspecified atom stereocenters. The summed E-state index contributed by atoms with van der Waals surface area (Å²) in [5, 5.41) is 0. The maximum absolute atomic E-state index is 11.7. The van der Waals surface area contributed by atoms with Gasteiger partial charge in [-0.25, -0.2) is 9.59 Å².